The number of para-hydroxylation sites is 1. The smallest absolute Gasteiger partial charge is 0.468 e. The Morgan fingerprint density at radius 3 is 2.83 bits per heavy atom. The van der Waals surface area contributed by atoms with Crippen molar-refractivity contribution in [3.05, 3.63) is 64.8 Å². The molecule has 2 aromatic carbocycles. The van der Waals surface area contributed by atoms with Crippen molar-refractivity contribution < 1.29 is 19.6 Å². The fourth-order valence-electron chi connectivity index (χ4n) is 4.23. The van der Waals surface area contributed by atoms with Gasteiger partial charge in [-0.3, -0.25) is 4.79 Å². The number of anilines is 1. The fraction of sp³-hybridized carbons (Fsp3) is 0.217. The van der Waals surface area contributed by atoms with Crippen LogP contribution < -0.4 is 26.6 Å². The molecule has 3 heterocycles. The van der Waals surface area contributed by atoms with Gasteiger partial charge in [-0.15, -0.1) is 0 Å². The molecule has 178 valence electrons. The van der Waals surface area contributed by atoms with Crippen LogP contribution in [0.4, 0.5) is 5.82 Å². The molecular formula is C23H24BN7O4. The third kappa shape index (κ3) is 4.30. The van der Waals surface area contributed by atoms with E-state index >= 15 is 0 Å². The number of benzene rings is 2. The monoisotopic (exact) mass is 473 g/mol. The third-order valence-electron chi connectivity index (χ3n) is 5.93. The maximum atomic E-state index is 11.9. The average molecular weight is 473 g/mol. The number of hydrogen-bond donors (Lipinski definition) is 5. The minimum Gasteiger partial charge on any atom is -0.468 e. The number of primary amides is 1. The van der Waals surface area contributed by atoms with Crippen molar-refractivity contribution in [1.29, 1.82) is 0 Å². The first-order valence-corrected chi connectivity index (χ1v) is 11.1. The number of methoxy groups -OCH3 is 1. The zero-order valence-electron chi connectivity index (χ0n) is 19.0. The van der Waals surface area contributed by atoms with E-state index in [4.69, 9.17) is 20.4 Å². The van der Waals surface area contributed by atoms with Crippen molar-refractivity contribution >= 4 is 35.3 Å². The van der Waals surface area contributed by atoms with Crippen LogP contribution in [0.2, 0.25) is 0 Å². The maximum absolute atomic E-state index is 11.9. The fourth-order valence-corrected chi connectivity index (χ4v) is 4.23. The zero-order chi connectivity index (χ0) is 24.5. The van der Waals surface area contributed by atoms with Gasteiger partial charge < -0.3 is 31.2 Å². The Bertz CT molecular complexity index is 1420. The summed E-state index contributed by atoms with van der Waals surface area (Å²) in [6.45, 7) is 1.81. The number of carbonyl (C=O) groups excluding carboxylic acids is 1. The molecule has 0 atom stereocenters. The SMILES string of the molecule is COc1nc2c(C(N)=O)cccc2n1-c1nc2c(c(NCc3cccc(B(O)O)c3)n1)CNCC2. The molecule has 0 saturated heterocycles. The van der Waals surface area contributed by atoms with Gasteiger partial charge in [-0.05, 0) is 23.2 Å². The normalized spacial score (nSPS) is 12.9. The topological polar surface area (TPSA) is 160 Å². The summed E-state index contributed by atoms with van der Waals surface area (Å²) in [6, 6.07) is 12.4. The molecule has 0 unspecified atom stereocenters. The molecular weight excluding hydrogens is 449 g/mol. The second kappa shape index (κ2) is 9.33. The van der Waals surface area contributed by atoms with E-state index < -0.39 is 13.0 Å². The van der Waals surface area contributed by atoms with Gasteiger partial charge in [0, 0.05) is 31.6 Å². The van der Waals surface area contributed by atoms with Crippen LogP contribution in [0.1, 0.15) is 27.2 Å². The number of amides is 1. The Kier molecular flexibility index (Phi) is 6.07. The number of carbonyl (C=O) groups is 1. The van der Waals surface area contributed by atoms with E-state index in [9.17, 15) is 14.8 Å². The van der Waals surface area contributed by atoms with Crippen molar-refractivity contribution in [1.82, 2.24) is 24.8 Å². The summed E-state index contributed by atoms with van der Waals surface area (Å²) in [5.41, 5.74) is 9.98. The molecule has 12 heteroatoms. The minimum absolute atomic E-state index is 0.234. The van der Waals surface area contributed by atoms with Gasteiger partial charge in [0.1, 0.15) is 11.3 Å². The van der Waals surface area contributed by atoms with Gasteiger partial charge >= 0.3 is 13.1 Å². The van der Waals surface area contributed by atoms with Crippen molar-refractivity contribution in [3.63, 3.8) is 0 Å². The van der Waals surface area contributed by atoms with Crippen molar-refractivity contribution in [3.8, 4) is 12.0 Å². The number of nitrogens with two attached hydrogens (primary N) is 1. The number of imidazole rings is 1. The van der Waals surface area contributed by atoms with Gasteiger partial charge in [0.15, 0.2) is 0 Å². The summed E-state index contributed by atoms with van der Waals surface area (Å²) < 4.78 is 7.17. The van der Waals surface area contributed by atoms with Crippen LogP contribution in [0.5, 0.6) is 6.01 Å². The van der Waals surface area contributed by atoms with Gasteiger partial charge in [0.2, 0.25) is 5.95 Å². The number of nitrogens with one attached hydrogen (secondary N) is 2. The molecule has 1 amide bonds. The first-order chi connectivity index (χ1) is 17.0. The second-order valence-corrected chi connectivity index (χ2v) is 8.17. The Hall–Kier alpha value is -4.00. The van der Waals surface area contributed by atoms with Gasteiger partial charge in [-0.1, -0.05) is 30.3 Å². The van der Waals surface area contributed by atoms with Crippen LogP contribution in [0.3, 0.4) is 0 Å². The van der Waals surface area contributed by atoms with Gasteiger partial charge in [0.05, 0.1) is 23.9 Å². The second-order valence-electron chi connectivity index (χ2n) is 8.17. The average Bonchev–Trinajstić information content (AvgIpc) is 3.26. The first-order valence-electron chi connectivity index (χ1n) is 11.1. The Morgan fingerprint density at radius 2 is 2.06 bits per heavy atom. The van der Waals surface area contributed by atoms with E-state index in [1.807, 2.05) is 6.07 Å². The first kappa shape index (κ1) is 22.8. The van der Waals surface area contributed by atoms with Crippen molar-refractivity contribution in [2.75, 3.05) is 19.0 Å². The number of nitrogens with zero attached hydrogens (tertiary/aromatic N) is 4. The molecule has 11 nitrogen and oxygen atoms in total. The highest BCUT2D eigenvalue weighted by Gasteiger charge is 2.23. The molecule has 1 aliphatic rings. The van der Waals surface area contributed by atoms with Crippen LogP contribution >= 0.6 is 0 Å². The lowest BCUT2D eigenvalue weighted by Crippen LogP contribution is -2.30. The van der Waals surface area contributed by atoms with Gasteiger partial charge in [-0.25, -0.2) is 9.55 Å². The quantitative estimate of drug-likeness (QED) is 0.230. The number of ether oxygens (including phenoxy) is 1. The lowest BCUT2D eigenvalue weighted by atomic mass is 9.79. The molecule has 6 N–H and O–H groups in total. The summed E-state index contributed by atoms with van der Waals surface area (Å²) in [5.74, 6) is 0.411. The van der Waals surface area contributed by atoms with Crippen LogP contribution in [0.25, 0.3) is 17.0 Å². The molecule has 35 heavy (non-hydrogen) atoms. The summed E-state index contributed by atoms with van der Waals surface area (Å²) >= 11 is 0. The molecule has 5 rings (SSSR count). The molecule has 1 aliphatic heterocycles. The Morgan fingerprint density at radius 1 is 1.23 bits per heavy atom. The van der Waals surface area contributed by atoms with Crippen LogP contribution in [-0.2, 0) is 19.5 Å². The third-order valence-corrected chi connectivity index (χ3v) is 5.93. The molecule has 0 saturated carbocycles. The maximum Gasteiger partial charge on any atom is 0.488 e. The van der Waals surface area contributed by atoms with Crippen molar-refractivity contribution in [2.24, 2.45) is 5.73 Å². The highest BCUT2D eigenvalue weighted by molar-refractivity contribution is 6.58. The Balaban J connectivity index is 1.59. The summed E-state index contributed by atoms with van der Waals surface area (Å²) in [6.07, 6.45) is 0.715. The highest BCUT2D eigenvalue weighted by atomic mass is 16.5. The van der Waals surface area contributed by atoms with Crippen molar-refractivity contribution in [2.45, 2.75) is 19.5 Å². The van der Waals surface area contributed by atoms with Crippen LogP contribution in [0.15, 0.2) is 42.5 Å². The number of fused-ring (bicyclic) bond motifs is 2. The standard InChI is InChI=1S/C23H24BN7O4/c1-35-23-29-19-15(20(25)32)6-3-7-18(19)31(23)22-28-17-8-9-26-12-16(17)21(30-22)27-11-13-4-2-5-14(10-13)24(33)34/h2-7,10,26,33-34H,8-9,11-12H2,1H3,(H2,25,32)(H,27,28,30). The van der Waals surface area contributed by atoms with Gasteiger partial charge in [-0.2, -0.15) is 9.97 Å². The predicted octanol–water partition coefficient (Wildman–Crippen LogP) is -0.139. The van der Waals surface area contributed by atoms with E-state index in [0.717, 1.165) is 23.4 Å². The molecule has 0 spiro atoms. The van der Waals surface area contributed by atoms with E-state index in [2.05, 4.69) is 15.6 Å². The van der Waals surface area contributed by atoms with Crippen LogP contribution in [-0.4, -0.2) is 56.2 Å². The summed E-state index contributed by atoms with van der Waals surface area (Å²) in [7, 11) is -0.0454. The number of rotatable bonds is 7. The molecule has 2 aromatic heterocycles. The minimum atomic E-state index is -1.54. The summed E-state index contributed by atoms with van der Waals surface area (Å²) in [4.78, 5) is 26.0. The van der Waals surface area contributed by atoms with Gasteiger partial charge in [0.25, 0.3) is 5.91 Å². The Labute approximate surface area is 201 Å². The number of hydrogen-bond acceptors (Lipinski definition) is 9. The largest absolute Gasteiger partial charge is 0.488 e. The van der Waals surface area contributed by atoms with Crippen LogP contribution in [0, 0.1) is 0 Å². The number of aromatic nitrogens is 4. The molecule has 4 aromatic rings. The lowest BCUT2D eigenvalue weighted by molar-refractivity contribution is 0.100. The lowest BCUT2D eigenvalue weighted by Gasteiger charge is -2.21. The highest BCUT2D eigenvalue weighted by Crippen LogP contribution is 2.29. The summed E-state index contributed by atoms with van der Waals surface area (Å²) in [5, 5.41) is 25.7. The van der Waals surface area contributed by atoms with E-state index in [-0.39, 0.29) is 11.6 Å². The van der Waals surface area contributed by atoms with E-state index in [1.54, 1.807) is 41.0 Å². The molecule has 0 bridgehead atoms. The zero-order valence-corrected chi connectivity index (χ0v) is 19.0. The molecule has 0 aliphatic carbocycles. The molecule has 0 fully saturated rings. The van der Waals surface area contributed by atoms with E-state index in [0.29, 0.717) is 47.8 Å². The van der Waals surface area contributed by atoms with E-state index in [1.165, 1.54) is 7.11 Å². The molecule has 0 radical (unpaired) electrons. The predicted molar refractivity (Wildman–Crippen MR) is 131 cm³/mol.